The van der Waals surface area contributed by atoms with Gasteiger partial charge in [0.25, 0.3) is 0 Å². The van der Waals surface area contributed by atoms with Crippen LogP contribution in [0.3, 0.4) is 0 Å². The van der Waals surface area contributed by atoms with E-state index >= 15 is 0 Å². The molecule has 0 saturated heterocycles. The van der Waals surface area contributed by atoms with Crippen LogP contribution in [0.2, 0.25) is 5.28 Å². The summed E-state index contributed by atoms with van der Waals surface area (Å²) in [5, 5.41) is 3.15. The summed E-state index contributed by atoms with van der Waals surface area (Å²) in [6.07, 6.45) is 4.96. The summed E-state index contributed by atoms with van der Waals surface area (Å²) in [5.74, 6) is 0.838. The topological polar surface area (TPSA) is 77.8 Å². The molecule has 0 unspecified atom stereocenters. The van der Waals surface area contributed by atoms with Crippen LogP contribution in [0.5, 0.6) is 0 Å². The third-order valence-electron chi connectivity index (χ3n) is 2.07. The lowest BCUT2D eigenvalue weighted by molar-refractivity contribution is 0.158. The summed E-state index contributed by atoms with van der Waals surface area (Å²) in [6.45, 7) is 3.81. The number of hydrogen-bond acceptors (Lipinski definition) is 6. The van der Waals surface area contributed by atoms with Gasteiger partial charge in [-0.3, -0.25) is 4.57 Å². The Bertz CT molecular complexity index is 489. The molecule has 0 aromatic carbocycles. The van der Waals surface area contributed by atoms with Crippen LogP contribution < -0.4 is 5.32 Å². The predicted molar refractivity (Wildman–Crippen MR) is 66.9 cm³/mol. The number of nitrogens with one attached hydrogen (secondary N) is 1. The van der Waals surface area contributed by atoms with Crippen molar-refractivity contribution in [1.82, 2.24) is 24.5 Å². The van der Waals surface area contributed by atoms with Crippen molar-refractivity contribution in [2.45, 2.75) is 6.92 Å². The molecule has 0 aliphatic heterocycles. The van der Waals surface area contributed by atoms with E-state index < -0.39 is 0 Å². The molecule has 18 heavy (non-hydrogen) atoms. The number of imidazole rings is 1. The average molecular weight is 269 g/mol. The Hall–Kier alpha value is -1.73. The van der Waals surface area contributed by atoms with E-state index in [2.05, 4.69) is 25.3 Å². The van der Waals surface area contributed by atoms with Gasteiger partial charge < -0.3 is 10.1 Å². The molecule has 0 spiro atoms. The van der Waals surface area contributed by atoms with Crippen LogP contribution in [0.25, 0.3) is 5.95 Å². The Balaban J connectivity index is 2.07. The van der Waals surface area contributed by atoms with Crippen molar-refractivity contribution in [3.63, 3.8) is 0 Å². The maximum atomic E-state index is 5.84. The summed E-state index contributed by atoms with van der Waals surface area (Å²) in [5.41, 5.74) is 0. The zero-order valence-electron chi connectivity index (χ0n) is 9.88. The first-order valence-corrected chi connectivity index (χ1v) is 5.89. The molecule has 2 heterocycles. The minimum absolute atomic E-state index is 0.132. The van der Waals surface area contributed by atoms with Gasteiger partial charge in [-0.25, -0.2) is 4.98 Å². The monoisotopic (exact) mass is 268 g/mol. The number of anilines is 1. The molecular weight excluding hydrogens is 256 g/mol. The lowest BCUT2D eigenvalue weighted by Gasteiger charge is -2.06. The highest BCUT2D eigenvalue weighted by Gasteiger charge is 2.05. The first kappa shape index (κ1) is 12.7. The molecule has 1 N–H and O–H groups in total. The van der Waals surface area contributed by atoms with E-state index in [4.69, 9.17) is 16.3 Å². The van der Waals surface area contributed by atoms with Gasteiger partial charge in [-0.2, -0.15) is 15.0 Å². The number of hydrogen-bond donors (Lipinski definition) is 1. The Morgan fingerprint density at radius 2 is 2.28 bits per heavy atom. The van der Waals surface area contributed by atoms with Gasteiger partial charge in [-0.15, -0.1) is 0 Å². The van der Waals surface area contributed by atoms with E-state index in [9.17, 15) is 0 Å². The minimum atomic E-state index is 0.132. The molecule has 0 radical (unpaired) electrons. The quantitative estimate of drug-likeness (QED) is 0.792. The first-order chi connectivity index (χ1) is 8.79. The first-order valence-electron chi connectivity index (χ1n) is 5.51. The average Bonchev–Trinajstić information content (AvgIpc) is 2.88. The highest BCUT2D eigenvalue weighted by molar-refractivity contribution is 6.28. The lowest BCUT2D eigenvalue weighted by atomic mass is 10.6. The van der Waals surface area contributed by atoms with Crippen LogP contribution in [-0.4, -0.2) is 44.3 Å². The highest BCUT2D eigenvalue weighted by atomic mass is 35.5. The van der Waals surface area contributed by atoms with Crippen molar-refractivity contribution >= 4 is 17.5 Å². The van der Waals surface area contributed by atoms with Crippen molar-refractivity contribution in [3.05, 3.63) is 24.0 Å². The fourth-order valence-electron chi connectivity index (χ4n) is 1.29. The summed E-state index contributed by atoms with van der Waals surface area (Å²) < 4.78 is 6.86. The summed E-state index contributed by atoms with van der Waals surface area (Å²) in [6, 6.07) is 0. The molecule has 7 nitrogen and oxygen atoms in total. The zero-order chi connectivity index (χ0) is 12.8. The molecule has 2 aromatic heterocycles. The summed E-state index contributed by atoms with van der Waals surface area (Å²) in [7, 11) is 0. The van der Waals surface area contributed by atoms with Crippen LogP contribution in [0.4, 0.5) is 5.95 Å². The molecule has 0 atom stereocenters. The maximum absolute atomic E-state index is 5.84. The van der Waals surface area contributed by atoms with Gasteiger partial charge in [-0.05, 0) is 18.5 Å². The van der Waals surface area contributed by atoms with Crippen molar-refractivity contribution in [1.29, 1.82) is 0 Å². The van der Waals surface area contributed by atoms with Gasteiger partial charge in [0.05, 0.1) is 6.61 Å². The number of nitrogens with zero attached hydrogens (tertiary/aromatic N) is 5. The van der Waals surface area contributed by atoms with Gasteiger partial charge in [-0.1, -0.05) is 0 Å². The second-order valence-electron chi connectivity index (χ2n) is 3.32. The summed E-state index contributed by atoms with van der Waals surface area (Å²) in [4.78, 5) is 16.1. The predicted octanol–water partition coefficient (Wildman–Crippen LogP) is 1.16. The zero-order valence-corrected chi connectivity index (χ0v) is 10.6. The maximum Gasteiger partial charge on any atom is 0.241 e. The van der Waals surface area contributed by atoms with Gasteiger partial charge in [0.15, 0.2) is 0 Å². The molecular formula is C10H13ClN6O. The van der Waals surface area contributed by atoms with Gasteiger partial charge in [0.2, 0.25) is 17.2 Å². The fraction of sp³-hybridized carbons (Fsp3) is 0.400. The second-order valence-corrected chi connectivity index (χ2v) is 3.66. The van der Waals surface area contributed by atoms with Gasteiger partial charge >= 0.3 is 0 Å². The largest absolute Gasteiger partial charge is 0.380 e. The third kappa shape index (κ3) is 3.38. The lowest BCUT2D eigenvalue weighted by Crippen LogP contribution is -2.13. The van der Waals surface area contributed by atoms with Crippen LogP contribution in [-0.2, 0) is 4.74 Å². The van der Waals surface area contributed by atoms with E-state index in [0.717, 1.165) is 0 Å². The molecule has 0 amide bonds. The molecule has 2 aromatic rings. The number of ether oxygens (including phenoxy) is 1. The number of rotatable bonds is 6. The highest BCUT2D eigenvalue weighted by Crippen LogP contribution is 2.08. The fourth-order valence-corrected chi connectivity index (χ4v) is 1.45. The third-order valence-corrected chi connectivity index (χ3v) is 2.23. The van der Waals surface area contributed by atoms with Crippen molar-refractivity contribution in [2.24, 2.45) is 0 Å². The Kier molecular flexibility index (Phi) is 4.43. The molecule has 0 aliphatic rings. The van der Waals surface area contributed by atoms with E-state index in [1.807, 2.05) is 6.92 Å². The van der Waals surface area contributed by atoms with Crippen molar-refractivity contribution in [2.75, 3.05) is 25.1 Å². The number of halogens is 1. The smallest absolute Gasteiger partial charge is 0.241 e. The Labute approximate surface area is 109 Å². The van der Waals surface area contributed by atoms with Crippen LogP contribution in [0, 0.1) is 0 Å². The minimum Gasteiger partial charge on any atom is -0.380 e. The van der Waals surface area contributed by atoms with Crippen molar-refractivity contribution < 1.29 is 4.74 Å². The SMILES string of the molecule is CCOCCNc1nc(Cl)nc(-n2ccnc2)n1. The second kappa shape index (κ2) is 6.27. The Morgan fingerprint density at radius 1 is 1.39 bits per heavy atom. The van der Waals surface area contributed by atoms with E-state index in [1.54, 1.807) is 23.3 Å². The van der Waals surface area contributed by atoms with Crippen LogP contribution in [0.1, 0.15) is 6.92 Å². The molecule has 2 rings (SSSR count). The van der Waals surface area contributed by atoms with Gasteiger partial charge in [0, 0.05) is 25.5 Å². The van der Waals surface area contributed by atoms with Gasteiger partial charge in [0.1, 0.15) is 6.33 Å². The van der Waals surface area contributed by atoms with Crippen molar-refractivity contribution in [3.8, 4) is 5.95 Å². The standard InChI is InChI=1S/C10H13ClN6O/c1-2-18-6-4-13-9-14-8(11)15-10(16-9)17-5-3-12-7-17/h3,5,7H,2,4,6H2,1H3,(H,13,14,15,16). The molecule has 0 fully saturated rings. The van der Waals surface area contributed by atoms with E-state index in [-0.39, 0.29) is 5.28 Å². The van der Waals surface area contributed by atoms with Crippen LogP contribution >= 0.6 is 11.6 Å². The normalized spacial score (nSPS) is 10.6. The van der Waals surface area contributed by atoms with E-state index in [0.29, 0.717) is 31.7 Å². The van der Waals surface area contributed by atoms with Crippen LogP contribution in [0.15, 0.2) is 18.7 Å². The molecule has 0 bridgehead atoms. The number of aromatic nitrogens is 5. The van der Waals surface area contributed by atoms with E-state index in [1.165, 1.54) is 0 Å². The Morgan fingerprint density at radius 3 is 3.00 bits per heavy atom. The summed E-state index contributed by atoms with van der Waals surface area (Å²) >= 11 is 5.84. The molecule has 8 heteroatoms. The molecule has 0 aliphatic carbocycles. The molecule has 0 saturated carbocycles. The molecule has 96 valence electrons.